The molecule has 0 spiro atoms. The van der Waals surface area contributed by atoms with Crippen LogP contribution in [0, 0.1) is 5.82 Å². The maximum atomic E-state index is 13.8. The second-order valence-corrected chi connectivity index (χ2v) is 4.07. The first-order chi connectivity index (χ1) is 8.45. The summed E-state index contributed by atoms with van der Waals surface area (Å²) in [6.07, 6.45) is -4.20. The third-order valence-corrected chi connectivity index (χ3v) is 2.90. The first-order valence-corrected chi connectivity index (χ1v) is 5.47. The van der Waals surface area contributed by atoms with Crippen molar-refractivity contribution in [3.8, 4) is 0 Å². The maximum absolute atomic E-state index is 13.8. The van der Waals surface area contributed by atoms with Crippen molar-refractivity contribution in [2.45, 2.75) is 38.0 Å². The first-order valence-electron chi connectivity index (χ1n) is 5.47. The molecule has 3 N–H and O–H groups in total. The molecule has 4 atom stereocenters. The van der Waals surface area contributed by atoms with Crippen molar-refractivity contribution in [2.24, 2.45) is 0 Å². The van der Waals surface area contributed by atoms with E-state index in [0.29, 0.717) is 11.0 Å². The molecule has 0 aliphatic carbocycles. The molecule has 1 saturated heterocycles. The topological polar surface area (TPSA) is 90.4 Å². The van der Waals surface area contributed by atoms with Crippen LogP contribution in [0.5, 0.6) is 0 Å². The minimum atomic E-state index is -1.82. The van der Waals surface area contributed by atoms with Crippen LogP contribution in [0.1, 0.15) is 19.6 Å². The molecule has 2 rings (SSSR count). The number of nitrogens with two attached hydrogens (primary N) is 1. The van der Waals surface area contributed by atoms with E-state index in [1.54, 1.807) is 6.92 Å². The van der Waals surface area contributed by atoms with Crippen LogP contribution in [0.15, 0.2) is 11.0 Å². The summed E-state index contributed by atoms with van der Waals surface area (Å²) in [5.41, 5.74) is 4.19. The van der Waals surface area contributed by atoms with Gasteiger partial charge in [-0.2, -0.15) is 4.98 Å². The Hall–Kier alpha value is -1.54. The quantitative estimate of drug-likeness (QED) is 0.779. The summed E-state index contributed by atoms with van der Waals surface area (Å²) in [5.74, 6) is -1.50. The zero-order chi connectivity index (χ0) is 13.4. The van der Waals surface area contributed by atoms with Gasteiger partial charge < -0.3 is 15.6 Å². The highest BCUT2D eigenvalue weighted by Gasteiger charge is 2.44. The molecule has 6 nitrogen and oxygen atoms in total. The Labute approximate surface area is 101 Å². The van der Waals surface area contributed by atoms with Crippen molar-refractivity contribution in [3.63, 3.8) is 0 Å². The fourth-order valence-corrected chi connectivity index (χ4v) is 1.91. The van der Waals surface area contributed by atoms with E-state index in [1.807, 2.05) is 0 Å². The van der Waals surface area contributed by atoms with Gasteiger partial charge in [0.1, 0.15) is 6.10 Å². The molecule has 1 aromatic rings. The highest BCUT2D eigenvalue weighted by Crippen LogP contribution is 2.32. The van der Waals surface area contributed by atoms with E-state index in [-0.39, 0.29) is 0 Å². The third-order valence-electron chi connectivity index (χ3n) is 2.90. The zero-order valence-corrected chi connectivity index (χ0v) is 9.59. The number of hydrogen-bond donors (Lipinski definition) is 2. The number of halogens is 2. The van der Waals surface area contributed by atoms with Crippen LogP contribution < -0.4 is 11.4 Å². The number of aromatic nitrogens is 2. The largest absolute Gasteiger partial charge is 0.387 e. The number of anilines is 1. The number of alkyl halides is 1. The monoisotopic (exact) mass is 260 g/mol. The van der Waals surface area contributed by atoms with Crippen LogP contribution in [0.25, 0.3) is 0 Å². The van der Waals surface area contributed by atoms with Gasteiger partial charge in [-0.25, -0.2) is 13.6 Å². The molecule has 0 radical (unpaired) electrons. The first kappa shape index (κ1) is 12.9. The summed E-state index contributed by atoms with van der Waals surface area (Å²) in [5, 5.41) is 9.55. The molecular formula is C10H13F2N3O3. The molecule has 18 heavy (non-hydrogen) atoms. The van der Waals surface area contributed by atoms with E-state index in [2.05, 4.69) is 4.98 Å². The van der Waals surface area contributed by atoms with Gasteiger partial charge in [0.05, 0.1) is 12.3 Å². The van der Waals surface area contributed by atoms with Crippen molar-refractivity contribution < 1.29 is 18.6 Å². The summed E-state index contributed by atoms with van der Waals surface area (Å²) in [6, 6.07) is 0. The average molecular weight is 260 g/mol. The Morgan fingerprint density at radius 2 is 2.33 bits per heavy atom. The Morgan fingerprint density at radius 3 is 2.89 bits per heavy atom. The average Bonchev–Trinajstić information content (AvgIpc) is 2.61. The molecule has 2 heterocycles. The van der Waals surface area contributed by atoms with Crippen molar-refractivity contribution in [1.82, 2.24) is 9.55 Å². The van der Waals surface area contributed by atoms with Crippen LogP contribution in [-0.2, 0) is 4.74 Å². The Balaban J connectivity index is 2.39. The van der Waals surface area contributed by atoms with E-state index in [9.17, 15) is 18.7 Å². The van der Waals surface area contributed by atoms with Gasteiger partial charge >= 0.3 is 5.69 Å². The standard InChI is InChI=1S/C10H13F2N3O3/c1-2-5-7(16)6(12)9(18-5)15-3-4(11)8(13)14-10(15)17/h3,5-7,9,16H,2H2,1H3,(H2,13,14,17)/i12-1. The van der Waals surface area contributed by atoms with E-state index in [1.165, 1.54) is 0 Å². The number of aliphatic hydroxyl groups is 1. The third kappa shape index (κ3) is 1.97. The Morgan fingerprint density at radius 1 is 1.67 bits per heavy atom. The second-order valence-electron chi connectivity index (χ2n) is 4.07. The predicted molar refractivity (Wildman–Crippen MR) is 58.0 cm³/mol. The van der Waals surface area contributed by atoms with E-state index < -0.39 is 41.9 Å². The molecule has 1 aromatic heterocycles. The number of rotatable bonds is 2. The van der Waals surface area contributed by atoms with Gasteiger partial charge in [-0.1, -0.05) is 6.92 Å². The SMILES string of the molecule is CCC1OC(n2cc(F)c(N)nc2=O)C([18F])C1O. The zero-order valence-electron chi connectivity index (χ0n) is 9.59. The highest BCUT2D eigenvalue weighted by atomic mass is 19.1. The molecule has 8 heteroatoms. The summed E-state index contributed by atoms with van der Waals surface area (Å²) >= 11 is 0. The number of ether oxygens (including phenoxy) is 1. The van der Waals surface area contributed by atoms with Gasteiger partial charge in [0.15, 0.2) is 24.0 Å². The van der Waals surface area contributed by atoms with Crippen LogP contribution in [0.3, 0.4) is 0 Å². The van der Waals surface area contributed by atoms with E-state index in [0.717, 1.165) is 6.20 Å². The van der Waals surface area contributed by atoms with Gasteiger partial charge in [0, 0.05) is 0 Å². The van der Waals surface area contributed by atoms with Crippen molar-refractivity contribution in [3.05, 3.63) is 22.5 Å². The van der Waals surface area contributed by atoms with Gasteiger partial charge in [0.2, 0.25) is 0 Å². The smallest absolute Gasteiger partial charge is 0.351 e. The number of aliphatic hydroxyl groups excluding tert-OH is 1. The molecule has 0 bridgehead atoms. The normalized spacial score (nSPS) is 31.8. The number of hydrogen-bond acceptors (Lipinski definition) is 5. The van der Waals surface area contributed by atoms with Crippen molar-refractivity contribution in [2.75, 3.05) is 5.73 Å². The van der Waals surface area contributed by atoms with Gasteiger partial charge in [0.25, 0.3) is 0 Å². The number of nitrogens with zero attached hydrogens (tertiary/aromatic N) is 2. The predicted octanol–water partition coefficient (Wildman–Crippen LogP) is -0.0290. The minimum absolute atomic E-state index is 0.373. The molecular weight excluding hydrogens is 247 g/mol. The van der Waals surface area contributed by atoms with Crippen molar-refractivity contribution >= 4 is 5.82 Å². The van der Waals surface area contributed by atoms with E-state index in [4.69, 9.17) is 10.5 Å². The summed E-state index contributed by atoms with van der Waals surface area (Å²) in [7, 11) is 0. The Bertz CT molecular complexity index is 508. The van der Waals surface area contributed by atoms with Gasteiger partial charge in [-0.3, -0.25) is 4.57 Å². The van der Waals surface area contributed by atoms with Gasteiger partial charge in [-0.05, 0) is 6.42 Å². The lowest BCUT2D eigenvalue weighted by Crippen LogP contribution is -2.33. The summed E-state index contributed by atoms with van der Waals surface area (Å²) in [6.45, 7) is 1.70. The molecule has 0 amide bonds. The van der Waals surface area contributed by atoms with Crippen LogP contribution in [0.2, 0.25) is 0 Å². The molecule has 100 valence electrons. The lowest BCUT2D eigenvalue weighted by molar-refractivity contribution is -0.0284. The van der Waals surface area contributed by atoms with Gasteiger partial charge in [-0.15, -0.1) is 0 Å². The van der Waals surface area contributed by atoms with E-state index >= 15 is 0 Å². The lowest BCUT2D eigenvalue weighted by Gasteiger charge is -2.15. The summed E-state index contributed by atoms with van der Waals surface area (Å²) < 4.78 is 32.9. The van der Waals surface area contributed by atoms with Crippen LogP contribution >= 0.6 is 0 Å². The van der Waals surface area contributed by atoms with Crippen LogP contribution in [0.4, 0.5) is 14.6 Å². The highest BCUT2D eigenvalue weighted by molar-refractivity contribution is 5.26. The fraction of sp³-hybridized carbons (Fsp3) is 0.600. The molecule has 1 fully saturated rings. The molecule has 1 aliphatic heterocycles. The van der Waals surface area contributed by atoms with Crippen LogP contribution in [-0.4, -0.2) is 33.0 Å². The molecule has 4 unspecified atom stereocenters. The molecule has 0 aromatic carbocycles. The Kier molecular flexibility index (Phi) is 3.31. The summed E-state index contributed by atoms with van der Waals surface area (Å²) in [4.78, 5) is 14.7. The lowest BCUT2D eigenvalue weighted by atomic mass is 10.1. The molecule has 0 saturated carbocycles. The number of nitrogen functional groups attached to an aromatic ring is 1. The maximum Gasteiger partial charge on any atom is 0.351 e. The fourth-order valence-electron chi connectivity index (χ4n) is 1.91. The van der Waals surface area contributed by atoms with Crippen molar-refractivity contribution in [1.29, 1.82) is 0 Å². The minimum Gasteiger partial charge on any atom is -0.387 e. The second kappa shape index (κ2) is 4.62. The molecule has 1 aliphatic rings.